The topological polar surface area (TPSA) is 34.9 Å². The van der Waals surface area contributed by atoms with Crippen molar-refractivity contribution in [2.75, 3.05) is 0 Å². The molecule has 3 nitrogen and oxygen atoms in total. The molecule has 0 aliphatic carbocycles. The molecule has 3 heteroatoms. The van der Waals surface area contributed by atoms with Crippen molar-refractivity contribution in [2.45, 2.75) is 26.2 Å². The van der Waals surface area contributed by atoms with Crippen molar-refractivity contribution >= 4 is 33.8 Å². The van der Waals surface area contributed by atoms with Crippen molar-refractivity contribution in [3.63, 3.8) is 0 Å². The smallest absolute Gasteiger partial charge is 0.266 e. The van der Waals surface area contributed by atoms with E-state index in [2.05, 4.69) is 63.2 Å². The highest BCUT2D eigenvalue weighted by molar-refractivity contribution is 5.86. The molecule has 0 bridgehead atoms. The largest absolute Gasteiger partial charge is 0.268 e. The van der Waals surface area contributed by atoms with Gasteiger partial charge in [-0.05, 0) is 63.7 Å². The Morgan fingerprint density at radius 3 is 2.33 bits per heavy atom. The number of fused-ring (bicyclic) bond motifs is 2. The molecule has 5 rings (SSSR count). The summed E-state index contributed by atoms with van der Waals surface area (Å²) in [5.74, 6) is 0.609. The zero-order chi connectivity index (χ0) is 23.0. The first-order valence-electron chi connectivity index (χ1n) is 11.2. The maximum atomic E-state index is 13.6. The van der Waals surface area contributed by atoms with Crippen molar-refractivity contribution in [1.29, 1.82) is 0 Å². The van der Waals surface area contributed by atoms with Gasteiger partial charge in [0.15, 0.2) is 0 Å². The van der Waals surface area contributed by atoms with E-state index in [0.717, 1.165) is 11.3 Å². The molecule has 0 amide bonds. The summed E-state index contributed by atoms with van der Waals surface area (Å²) in [5.41, 5.74) is 3.67. The molecule has 0 radical (unpaired) electrons. The van der Waals surface area contributed by atoms with Crippen LogP contribution in [-0.2, 0) is 5.41 Å². The molecule has 33 heavy (non-hydrogen) atoms. The van der Waals surface area contributed by atoms with E-state index < -0.39 is 0 Å². The molecule has 0 spiro atoms. The maximum absolute atomic E-state index is 13.6. The van der Waals surface area contributed by atoms with Crippen LogP contribution in [0.25, 0.3) is 39.5 Å². The van der Waals surface area contributed by atoms with Crippen LogP contribution in [0.2, 0.25) is 0 Å². The van der Waals surface area contributed by atoms with Crippen LogP contribution >= 0.6 is 0 Å². The standard InChI is InChI=1S/C30H26N2O/c1-30(2,3)24-11-8-12-25(20-24)32-28(31-27-14-7-6-13-26(27)29(32)33)18-16-21-15-17-22-9-4-5-10-23(22)19-21/h4-20H,1-3H3/b18-16+. The van der Waals surface area contributed by atoms with Crippen molar-refractivity contribution < 1.29 is 0 Å². The second-order valence-corrected chi connectivity index (χ2v) is 9.37. The van der Waals surface area contributed by atoms with Gasteiger partial charge < -0.3 is 0 Å². The van der Waals surface area contributed by atoms with Gasteiger partial charge in [0.25, 0.3) is 5.56 Å². The number of rotatable bonds is 3. The lowest BCUT2D eigenvalue weighted by Crippen LogP contribution is -2.23. The average Bonchev–Trinajstić information content (AvgIpc) is 2.82. The van der Waals surface area contributed by atoms with Gasteiger partial charge in [0.2, 0.25) is 0 Å². The minimum atomic E-state index is -0.0650. The Morgan fingerprint density at radius 2 is 1.52 bits per heavy atom. The SMILES string of the molecule is CC(C)(C)c1cccc(-n2c(/C=C/c3ccc4ccccc4c3)nc3ccccc3c2=O)c1. The Labute approximate surface area is 193 Å². The fourth-order valence-corrected chi connectivity index (χ4v) is 4.10. The molecule has 0 fully saturated rings. The maximum Gasteiger partial charge on any atom is 0.266 e. The van der Waals surface area contributed by atoms with Crippen LogP contribution in [0.5, 0.6) is 0 Å². The number of nitrogens with zero attached hydrogens (tertiary/aromatic N) is 2. The van der Waals surface area contributed by atoms with Crippen LogP contribution in [0.3, 0.4) is 0 Å². The van der Waals surface area contributed by atoms with Crippen LogP contribution in [-0.4, -0.2) is 9.55 Å². The third kappa shape index (κ3) is 4.10. The molecule has 0 unspecified atom stereocenters. The van der Waals surface area contributed by atoms with Gasteiger partial charge in [0.05, 0.1) is 16.6 Å². The molecule has 1 aromatic heterocycles. The quantitative estimate of drug-likeness (QED) is 0.309. The molecule has 0 N–H and O–H groups in total. The number of hydrogen-bond donors (Lipinski definition) is 0. The van der Waals surface area contributed by atoms with Gasteiger partial charge in [-0.2, -0.15) is 0 Å². The van der Waals surface area contributed by atoms with Gasteiger partial charge in [-0.3, -0.25) is 9.36 Å². The number of benzene rings is 4. The van der Waals surface area contributed by atoms with Gasteiger partial charge in [0, 0.05) is 0 Å². The number of aromatic nitrogens is 2. The summed E-state index contributed by atoms with van der Waals surface area (Å²) in [5, 5.41) is 3.00. The van der Waals surface area contributed by atoms with Crippen molar-refractivity contribution in [3.05, 3.63) is 118 Å². The Balaban J connectivity index is 1.69. The lowest BCUT2D eigenvalue weighted by molar-refractivity contribution is 0.589. The molecule has 0 atom stereocenters. The van der Waals surface area contributed by atoms with E-state index in [0.29, 0.717) is 16.7 Å². The molecule has 4 aromatic carbocycles. The summed E-state index contributed by atoms with van der Waals surface area (Å²) in [4.78, 5) is 18.4. The van der Waals surface area contributed by atoms with E-state index in [1.54, 1.807) is 4.57 Å². The van der Waals surface area contributed by atoms with Crippen LogP contribution in [0.4, 0.5) is 0 Å². The molecule has 0 aliphatic rings. The van der Waals surface area contributed by atoms with Crippen molar-refractivity contribution in [3.8, 4) is 5.69 Å². The van der Waals surface area contributed by atoms with Gasteiger partial charge in [0.1, 0.15) is 5.82 Å². The first-order chi connectivity index (χ1) is 15.9. The zero-order valence-electron chi connectivity index (χ0n) is 19.1. The predicted molar refractivity (Wildman–Crippen MR) is 139 cm³/mol. The summed E-state index contributed by atoms with van der Waals surface area (Å²) >= 11 is 0. The lowest BCUT2D eigenvalue weighted by atomic mass is 9.87. The molecule has 162 valence electrons. The molecule has 0 saturated heterocycles. The normalized spacial score (nSPS) is 12.1. The third-order valence-corrected chi connectivity index (χ3v) is 5.97. The molecular weight excluding hydrogens is 404 g/mol. The van der Waals surface area contributed by atoms with E-state index in [-0.39, 0.29) is 11.0 Å². The Kier molecular flexibility index (Phi) is 5.18. The number of hydrogen-bond acceptors (Lipinski definition) is 2. The minimum Gasteiger partial charge on any atom is -0.268 e. The Bertz CT molecular complexity index is 1570. The molecule has 0 saturated carbocycles. The third-order valence-electron chi connectivity index (χ3n) is 5.97. The highest BCUT2D eigenvalue weighted by Gasteiger charge is 2.16. The average molecular weight is 431 g/mol. The molecule has 5 aromatic rings. The van der Waals surface area contributed by atoms with Gasteiger partial charge >= 0.3 is 0 Å². The number of para-hydroxylation sites is 1. The van der Waals surface area contributed by atoms with Gasteiger partial charge in [-0.15, -0.1) is 0 Å². The first-order valence-corrected chi connectivity index (χ1v) is 11.2. The van der Waals surface area contributed by atoms with E-state index in [1.165, 1.54) is 16.3 Å². The van der Waals surface area contributed by atoms with Crippen molar-refractivity contribution in [1.82, 2.24) is 9.55 Å². The van der Waals surface area contributed by atoms with E-state index in [4.69, 9.17) is 4.98 Å². The van der Waals surface area contributed by atoms with Crippen LogP contribution in [0.15, 0.2) is 95.8 Å². The fourth-order valence-electron chi connectivity index (χ4n) is 4.10. The monoisotopic (exact) mass is 430 g/mol. The molecular formula is C30H26N2O. The van der Waals surface area contributed by atoms with Gasteiger partial charge in [-0.1, -0.05) is 87.5 Å². The summed E-state index contributed by atoms with van der Waals surface area (Å²) in [7, 11) is 0. The van der Waals surface area contributed by atoms with Crippen molar-refractivity contribution in [2.24, 2.45) is 0 Å². The summed E-state index contributed by atoms with van der Waals surface area (Å²) < 4.78 is 1.72. The first kappa shape index (κ1) is 20.9. The van der Waals surface area contributed by atoms with E-state index in [1.807, 2.05) is 60.7 Å². The lowest BCUT2D eigenvalue weighted by Gasteiger charge is -2.20. The van der Waals surface area contributed by atoms with Crippen LogP contribution in [0, 0.1) is 0 Å². The van der Waals surface area contributed by atoms with Crippen LogP contribution < -0.4 is 5.56 Å². The second-order valence-electron chi connectivity index (χ2n) is 9.37. The van der Waals surface area contributed by atoms with E-state index in [9.17, 15) is 4.79 Å². The zero-order valence-corrected chi connectivity index (χ0v) is 19.1. The van der Waals surface area contributed by atoms with Crippen LogP contribution in [0.1, 0.15) is 37.7 Å². The molecule has 0 aliphatic heterocycles. The summed E-state index contributed by atoms with van der Waals surface area (Å²) in [6.07, 6.45) is 3.95. The Morgan fingerprint density at radius 1 is 0.758 bits per heavy atom. The summed E-state index contributed by atoms with van der Waals surface area (Å²) in [6.45, 7) is 6.52. The fraction of sp³-hybridized carbons (Fsp3) is 0.133. The highest BCUT2D eigenvalue weighted by Crippen LogP contribution is 2.25. The predicted octanol–water partition coefficient (Wildman–Crippen LogP) is 7.01. The summed E-state index contributed by atoms with van der Waals surface area (Å²) in [6, 6.07) is 30.3. The van der Waals surface area contributed by atoms with Gasteiger partial charge in [-0.25, -0.2) is 4.98 Å². The van der Waals surface area contributed by atoms with E-state index >= 15 is 0 Å². The highest BCUT2D eigenvalue weighted by atomic mass is 16.1. The second kappa shape index (κ2) is 8.18. The minimum absolute atomic E-state index is 0.0228. The Hall–Kier alpha value is -3.98. The molecule has 1 heterocycles.